The van der Waals surface area contributed by atoms with Crippen LogP contribution in [0.1, 0.15) is 50.8 Å². The molecule has 2 N–H and O–H groups in total. The summed E-state index contributed by atoms with van der Waals surface area (Å²) in [6.45, 7) is 3.05. The Bertz CT molecular complexity index is 385. The van der Waals surface area contributed by atoms with E-state index in [9.17, 15) is 0 Å². The van der Waals surface area contributed by atoms with Gasteiger partial charge in [-0.2, -0.15) is 5.10 Å². The van der Waals surface area contributed by atoms with Crippen LogP contribution in [0.15, 0.2) is 12.3 Å². The summed E-state index contributed by atoms with van der Waals surface area (Å²) in [5, 5.41) is 4.31. The third kappa shape index (κ3) is 2.01. The minimum atomic E-state index is 0.182. The third-order valence-corrected chi connectivity index (χ3v) is 4.87. The molecule has 1 aromatic rings. The molecule has 0 amide bonds. The molecule has 4 unspecified atom stereocenters. The lowest BCUT2D eigenvalue weighted by Gasteiger charge is -2.25. The van der Waals surface area contributed by atoms with E-state index in [1.807, 2.05) is 10.9 Å². The van der Waals surface area contributed by atoms with Crippen molar-refractivity contribution < 1.29 is 0 Å². The van der Waals surface area contributed by atoms with E-state index >= 15 is 0 Å². The van der Waals surface area contributed by atoms with Crippen molar-refractivity contribution in [3.63, 3.8) is 0 Å². The zero-order valence-electron chi connectivity index (χ0n) is 10.7. The minimum absolute atomic E-state index is 0.182. The molecule has 1 aromatic heterocycles. The Balaban J connectivity index is 1.65. The second-order valence-electron chi connectivity index (χ2n) is 5.85. The number of aryl methyl sites for hydroxylation is 1. The first kappa shape index (κ1) is 11.3. The summed E-state index contributed by atoms with van der Waals surface area (Å²) >= 11 is 0. The molecule has 0 spiro atoms. The fourth-order valence-electron chi connectivity index (χ4n) is 4.03. The Morgan fingerprint density at radius 2 is 2.35 bits per heavy atom. The molecular formula is C14H23N3. The first-order chi connectivity index (χ1) is 8.28. The zero-order chi connectivity index (χ0) is 11.8. The van der Waals surface area contributed by atoms with Gasteiger partial charge in [0.15, 0.2) is 0 Å². The maximum absolute atomic E-state index is 6.37. The van der Waals surface area contributed by atoms with Crippen LogP contribution in [-0.2, 0) is 6.54 Å². The van der Waals surface area contributed by atoms with Crippen molar-refractivity contribution in [1.29, 1.82) is 0 Å². The van der Waals surface area contributed by atoms with Crippen LogP contribution in [0.4, 0.5) is 0 Å². The predicted molar refractivity (Wildman–Crippen MR) is 68.4 cm³/mol. The molecule has 94 valence electrons. The molecule has 17 heavy (non-hydrogen) atoms. The summed E-state index contributed by atoms with van der Waals surface area (Å²) < 4.78 is 2.04. The van der Waals surface area contributed by atoms with Crippen LogP contribution in [0.5, 0.6) is 0 Å². The second-order valence-corrected chi connectivity index (χ2v) is 5.85. The van der Waals surface area contributed by atoms with Crippen LogP contribution < -0.4 is 5.73 Å². The van der Waals surface area contributed by atoms with Gasteiger partial charge in [0.05, 0.1) is 5.69 Å². The Morgan fingerprint density at radius 3 is 3.00 bits per heavy atom. The topological polar surface area (TPSA) is 43.8 Å². The molecule has 3 nitrogen and oxygen atoms in total. The molecule has 0 radical (unpaired) electrons. The molecule has 3 heteroatoms. The quantitative estimate of drug-likeness (QED) is 0.869. The lowest BCUT2D eigenvalue weighted by molar-refractivity contribution is 0.292. The van der Waals surface area contributed by atoms with E-state index in [0.29, 0.717) is 0 Å². The smallest absolute Gasteiger partial charge is 0.0551 e. The summed E-state index contributed by atoms with van der Waals surface area (Å²) in [6, 6.07) is 2.27. The van der Waals surface area contributed by atoms with Gasteiger partial charge >= 0.3 is 0 Å². The Kier molecular flexibility index (Phi) is 2.95. The molecule has 3 rings (SSSR count). The fourth-order valence-corrected chi connectivity index (χ4v) is 4.03. The molecule has 0 saturated heterocycles. The Labute approximate surface area is 103 Å². The van der Waals surface area contributed by atoms with Crippen LogP contribution in [0.2, 0.25) is 0 Å². The van der Waals surface area contributed by atoms with E-state index in [4.69, 9.17) is 5.73 Å². The van der Waals surface area contributed by atoms with Gasteiger partial charge in [0, 0.05) is 18.8 Å². The molecule has 2 saturated carbocycles. The molecule has 2 aliphatic carbocycles. The van der Waals surface area contributed by atoms with Crippen LogP contribution in [0.25, 0.3) is 0 Å². The standard InChI is InChI=1S/C14H23N3/c1-2-17-14(5-6-16-17)13(15)9-12-8-10-3-4-11(12)7-10/h5-6,10-13H,2-4,7-9,15H2,1H3. The first-order valence-electron chi connectivity index (χ1n) is 7.05. The van der Waals surface area contributed by atoms with E-state index in [0.717, 1.165) is 30.7 Å². The highest BCUT2D eigenvalue weighted by atomic mass is 15.3. The maximum atomic E-state index is 6.37. The van der Waals surface area contributed by atoms with Crippen molar-refractivity contribution in [1.82, 2.24) is 9.78 Å². The van der Waals surface area contributed by atoms with Crippen molar-refractivity contribution in [2.24, 2.45) is 23.5 Å². The summed E-state index contributed by atoms with van der Waals surface area (Å²) in [4.78, 5) is 0. The monoisotopic (exact) mass is 233 g/mol. The second kappa shape index (κ2) is 4.45. The predicted octanol–water partition coefficient (Wildman–Crippen LogP) is 2.73. The molecule has 0 aliphatic heterocycles. The van der Waals surface area contributed by atoms with Gasteiger partial charge < -0.3 is 5.73 Å². The number of nitrogens with zero attached hydrogens (tertiary/aromatic N) is 2. The summed E-state index contributed by atoms with van der Waals surface area (Å²) in [5.41, 5.74) is 7.58. The summed E-state index contributed by atoms with van der Waals surface area (Å²) in [7, 11) is 0. The van der Waals surface area contributed by atoms with Gasteiger partial charge in [-0.3, -0.25) is 4.68 Å². The lowest BCUT2D eigenvalue weighted by atomic mass is 9.84. The summed E-state index contributed by atoms with van der Waals surface area (Å²) in [6.07, 6.45) is 8.87. The third-order valence-electron chi connectivity index (χ3n) is 4.87. The minimum Gasteiger partial charge on any atom is -0.323 e. The molecule has 2 aliphatic rings. The van der Waals surface area contributed by atoms with Crippen LogP contribution in [0.3, 0.4) is 0 Å². The average molecular weight is 233 g/mol. The number of aromatic nitrogens is 2. The van der Waals surface area contributed by atoms with Crippen LogP contribution >= 0.6 is 0 Å². The number of hydrogen-bond donors (Lipinski definition) is 1. The highest BCUT2D eigenvalue weighted by molar-refractivity contribution is 5.07. The Hall–Kier alpha value is -0.830. The average Bonchev–Trinajstić information content (AvgIpc) is 3.04. The summed E-state index contributed by atoms with van der Waals surface area (Å²) in [5.74, 6) is 2.88. The Morgan fingerprint density at radius 1 is 1.47 bits per heavy atom. The zero-order valence-corrected chi connectivity index (χ0v) is 10.7. The van der Waals surface area contributed by atoms with Gasteiger partial charge in [0.2, 0.25) is 0 Å². The fraction of sp³-hybridized carbons (Fsp3) is 0.786. The molecule has 1 heterocycles. The number of rotatable bonds is 4. The van der Waals surface area contributed by atoms with Crippen LogP contribution in [0, 0.1) is 17.8 Å². The molecule has 2 fully saturated rings. The highest BCUT2D eigenvalue weighted by Crippen LogP contribution is 2.50. The molecule has 0 aromatic carbocycles. The largest absolute Gasteiger partial charge is 0.323 e. The first-order valence-corrected chi connectivity index (χ1v) is 7.05. The van der Waals surface area contributed by atoms with Gasteiger partial charge in [-0.15, -0.1) is 0 Å². The molecule has 2 bridgehead atoms. The molecule has 4 atom stereocenters. The lowest BCUT2D eigenvalue weighted by Crippen LogP contribution is -2.22. The van der Waals surface area contributed by atoms with Crippen molar-refractivity contribution >= 4 is 0 Å². The van der Waals surface area contributed by atoms with Crippen molar-refractivity contribution in [3.8, 4) is 0 Å². The van der Waals surface area contributed by atoms with E-state index in [-0.39, 0.29) is 6.04 Å². The number of fused-ring (bicyclic) bond motifs is 2. The SMILES string of the molecule is CCn1nccc1C(N)CC1CC2CCC1C2. The van der Waals surface area contributed by atoms with Crippen molar-refractivity contribution in [2.75, 3.05) is 0 Å². The van der Waals surface area contributed by atoms with E-state index < -0.39 is 0 Å². The van der Waals surface area contributed by atoms with E-state index in [1.165, 1.54) is 31.4 Å². The van der Waals surface area contributed by atoms with Crippen molar-refractivity contribution in [3.05, 3.63) is 18.0 Å². The van der Waals surface area contributed by atoms with Gasteiger partial charge in [-0.1, -0.05) is 6.42 Å². The highest BCUT2D eigenvalue weighted by Gasteiger charge is 2.40. The van der Waals surface area contributed by atoms with Gasteiger partial charge in [-0.05, 0) is 56.4 Å². The number of hydrogen-bond acceptors (Lipinski definition) is 2. The number of nitrogens with two attached hydrogens (primary N) is 1. The normalized spacial score (nSPS) is 33.2. The van der Waals surface area contributed by atoms with Gasteiger partial charge in [-0.25, -0.2) is 0 Å². The van der Waals surface area contributed by atoms with Gasteiger partial charge in [0.1, 0.15) is 0 Å². The van der Waals surface area contributed by atoms with E-state index in [2.05, 4.69) is 18.1 Å². The molecular weight excluding hydrogens is 210 g/mol. The van der Waals surface area contributed by atoms with Gasteiger partial charge in [0.25, 0.3) is 0 Å². The van der Waals surface area contributed by atoms with Crippen molar-refractivity contribution in [2.45, 2.75) is 51.6 Å². The van der Waals surface area contributed by atoms with Crippen LogP contribution in [-0.4, -0.2) is 9.78 Å². The van der Waals surface area contributed by atoms with E-state index in [1.54, 1.807) is 0 Å². The maximum Gasteiger partial charge on any atom is 0.0551 e.